The Morgan fingerprint density at radius 3 is 2.94 bits per heavy atom. The molecule has 0 spiro atoms. The summed E-state index contributed by atoms with van der Waals surface area (Å²) >= 11 is 0. The Hall–Kier alpha value is -1.33. The molecule has 5 nitrogen and oxygen atoms in total. The molecule has 1 aromatic heterocycles. The molecule has 1 aliphatic carbocycles. The van der Waals surface area contributed by atoms with Crippen molar-refractivity contribution in [2.75, 3.05) is 13.2 Å². The predicted octanol–water partition coefficient (Wildman–Crippen LogP) is 1.73. The Bertz CT molecular complexity index is 372. The predicted molar refractivity (Wildman–Crippen MR) is 65.2 cm³/mol. The number of hydrogen-bond donors (Lipinski definition) is 1. The first kappa shape index (κ1) is 13.1. The van der Waals surface area contributed by atoms with E-state index < -0.39 is 12.1 Å². The van der Waals surface area contributed by atoms with E-state index in [0.717, 1.165) is 18.6 Å². The summed E-state index contributed by atoms with van der Waals surface area (Å²) < 4.78 is 10.6. The third-order valence-corrected chi connectivity index (χ3v) is 3.05. The highest BCUT2D eigenvalue weighted by Crippen LogP contribution is 2.28. The number of aliphatic carboxylic acids is 1. The molecular formula is C13H19NO4. The Balaban J connectivity index is 1.94. The first-order valence-electron chi connectivity index (χ1n) is 6.31. The molecule has 1 saturated carbocycles. The van der Waals surface area contributed by atoms with Gasteiger partial charge in [0, 0.05) is 19.2 Å². The fraction of sp³-hybridized carbons (Fsp3) is 0.615. The van der Waals surface area contributed by atoms with Crippen LogP contribution < -0.4 is 0 Å². The molecule has 1 atom stereocenters. The van der Waals surface area contributed by atoms with Gasteiger partial charge < -0.3 is 14.3 Å². The van der Waals surface area contributed by atoms with Crippen LogP contribution >= 0.6 is 0 Å². The van der Waals surface area contributed by atoms with Gasteiger partial charge in [-0.05, 0) is 31.9 Å². The number of nitrogens with zero attached hydrogens (tertiary/aromatic N) is 1. The molecule has 1 N–H and O–H groups in total. The molecule has 18 heavy (non-hydrogen) atoms. The first-order chi connectivity index (χ1) is 8.70. The molecule has 2 rings (SSSR count). The summed E-state index contributed by atoms with van der Waals surface area (Å²) in [6.07, 6.45) is 3.13. The minimum Gasteiger partial charge on any atom is -0.479 e. The van der Waals surface area contributed by atoms with Crippen LogP contribution in [0.3, 0.4) is 0 Å². The molecule has 0 bridgehead atoms. The van der Waals surface area contributed by atoms with Crippen LogP contribution in [0.4, 0.5) is 0 Å². The number of furan rings is 1. The normalized spacial score (nSPS) is 17.0. The number of ether oxygens (including phenoxy) is 1. The van der Waals surface area contributed by atoms with E-state index in [1.54, 1.807) is 6.26 Å². The number of hydrogen-bond acceptors (Lipinski definition) is 4. The number of rotatable bonds is 8. The van der Waals surface area contributed by atoms with Crippen molar-refractivity contribution in [1.29, 1.82) is 0 Å². The second-order valence-electron chi connectivity index (χ2n) is 4.52. The molecule has 0 aromatic carbocycles. The Morgan fingerprint density at radius 2 is 2.44 bits per heavy atom. The Kier molecular flexibility index (Phi) is 4.38. The largest absolute Gasteiger partial charge is 0.479 e. The zero-order valence-corrected chi connectivity index (χ0v) is 10.5. The average Bonchev–Trinajstić information content (AvgIpc) is 3.06. The second-order valence-corrected chi connectivity index (χ2v) is 4.52. The molecule has 100 valence electrons. The van der Waals surface area contributed by atoms with Crippen LogP contribution in [-0.4, -0.2) is 41.3 Å². The van der Waals surface area contributed by atoms with Gasteiger partial charge in [-0.3, -0.25) is 4.90 Å². The summed E-state index contributed by atoms with van der Waals surface area (Å²) in [5.41, 5.74) is 0. The summed E-state index contributed by atoms with van der Waals surface area (Å²) in [4.78, 5) is 13.2. The summed E-state index contributed by atoms with van der Waals surface area (Å²) in [7, 11) is 0. The molecule has 0 radical (unpaired) electrons. The maximum atomic E-state index is 11.1. The highest BCUT2D eigenvalue weighted by atomic mass is 16.5. The van der Waals surface area contributed by atoms with Crippen molar-refractivity contribution in [3.05, 3.63) is 24.2 Å². The van der Waals surface area contributed by atoms with E-state index >= 15 is 0 Å². The topological polar surface area (TPSA) is 62.9 Å². The number of carboxylic acid groups (broad SMARTS) is 1. The lowest BCUT2D eigenvalue weighted by Crippen LogP contribution is -2.39. The van der Waals surface area contributed by atoms with Gasteiger partial charge in [-0.2, -0.15) is 0 Å². The minimum atomic E-state index is -0.901. The van der Waals surface area contributed by atoms with Crippen molar-refractivity contribution in [2.45, 2.75) is 38.5 Å². The van der Waals surface area contributed by atoms with Crippen LogP contribution in [0, 0.1) is 0 Å². The van der Waals surface area contributed by atoms with Gasteiger partial charge in [0.1, 0.15) is 5.76 Å². The van der Waals surface area contributed by atoms with E-state index in [9.17, 15) is 4.79 Å². The lowest BCUT2D eigenvalue weighted by Gasteiger charge is -2.24. The molecule has 0 aliphatic heterocycles. The molecule has 1 aromatic rings. The van der Waals surface area contributed by atoms with Crippen molar-refractivity contribution in [2.24, 2.45) is 0 Å². The molecule has 5 heteroatoms. The molecule has 1 fully saturated rings. The van der Waals surface area contributed by atoms with Gasteiger partial charge in [-0.15, -0.1) is 0 Å². The van der Waals surface area contributed by atoms with Gasteiger partial charge in [-0.25, -0.2) is 4.79 Å². The standard InChI is InChI=1S/C13H19NO4/c1-2-17-12(13(15)16)9-14(10-5-6-10)8-11-4-3-7-18-11/h3-4,7,10,12H,2,5-6,8-9H2,1H3,(H,15,16). The fourth-order valence-corrected chi connectivity index (χ4v) is 2.00. The van der Waals surface area contributed by atoms with Crippen LogP contribution in [0.2, 0.25) is 0 Å². The van der Waals surface area contributed by atoms with E-state index in [4.69, 9.17) is 14.3 Å². The van der Waals surface area contributed by atoms with Gasteiger partial charge in [0.2, 0.25) is 0 Å². The zero-order chi connectivity index (χ0) is 13.0. The van der Waals surface area contributed by atoms with Crippen molar-refractivity contribution < 1.29 is 19.1 Å². The molecule has 0 saturated heterocycles. The monoisotopic (exact) mass is 253 g/mol. The molecule has 1 heterocycles. The quantitative estimate of drug-likeness (QED) is 0.764. The van der Waals surface area contributed by atoms with E-state index in [1.165, 1.54) is 0 Å². The van der Waals surface area contributed by atoms with Gasteiger partial charge in [0.25, 0.3) is 0 Å². The van der Waals surface area contributed by atoms with Crippen molar-refractivity contribution in [1.82, 2.24) is 4.90 Å². The number of carboxylic acids is 1. The summed E-state index contributed by atoms with van der Waals surface area (Å²) in [6, 6.07) is 4.22. The van der Waals surface area contributed by atoms with Crippen LogP contribution in [0.25, 0.3) is 0 Å². The lowest BCUT2D eigenvalue weighted by molar-refractivity contribution is -0.151. The van der Waals surface area contributed by atoms with Gasteiger partial charge >= 0.3 is 5.97 Å². The van der Waals surface area contributed by atoms with Gasteiger partial charge in [0.05, 0.1) is 12.8 Å². The van der Waals surface area contributed by atoms with E-state index in [2.05, 4.69) is 4.90 Å². The van der Waals surface area contributed by atoms with Crippen molar-refractivity contribution in [3.8, 4) is 0 Å². The highest BCUT2D eigenvalue weighted by Gasteiger charge is 2.33. The van der Waals surface area contributed by atoms with Crippen molar-refractivity contribution >= 4 is 5.97 Å². The molecular weight excluding hydrogens is 234 g/mol. The molecule has 1 unspecified atom stereocenters. The molecule has 1 aliphatic rings. The zero-order valence-electron chi connectivity index (χ0n) is 10.5. The summed E-state index contributed by atoms with van der Waals surface area (Å²) in [6.45, 7) is 3.28. The smallest absolute Gasteiger partial charge is 0.334 e. The minimum absolute atomic E-state index is 0.411. The third-order valence-electron chi connectivity index (χ3n) is 3.05. The van der Waals surface area contributed by atoms with Gasteiger partial charge in [0.15, 0.2) is 6.10 Å². The SMILES string of the molecule is CCOC(CN(Cc1ccco1)C1CC1)C(=O)O. The molecule has 0 amide bonds. The average molecular weight is 253 g/mol. The number of carbonyl (C=O) groups is 1. The van der Waals surface area contributed by atoms with E-state index in [0.29, 0.717) is 25.7 Å². The maximum absolute atomic E-state index is 11.1. The summed E-state index contributed by atoms with van der Waals surface area (Å²) in [5.74, 6) is -0.0375. The van der Waals surface area contributed by atoms with Crippen LogP contribution in [-0.2, 0) is 16.1 Å². The van der Waals surface area contributed by atoms with Crippen LogP contribution in [0.15, 0.2) is 22.8 Å². The maximum Gasteiger partial charge on any atom is 0.334 e. The van der Waals surface area contributed by atoms with Crippen LogP contribution in [0.1, 0.15) is 25.5 Å². The Labute approximate surface area is 106 Å². The highest BCUT2D eigenvalue weighted by molar-refractivity contribution is 5.72. The summed E-state index contributed by atoms with van der Waals surface area (Å²) in [5, 5.41) is 9.11. The van der Waals surface area contributed by atoms with Gasteiger partial charge in [-0.1, -0.05) is 0 Å². The van der Waals surface area contributed by atoms with Crippen LogP contribution in [0.5, 0.6) is 0 Å². The van der Waals surface area contributed by atoms with Crippen molar-refractivity contribution in [3.63, 3.8) is 0 Å². The van der Waals surface area contributed by atoms with E-state index in [-0.39, 0.29) is 0 Å². The van der Waals surface area contributed by atoms with E-state index in [1.807, 2.05) is 19.1 Å². The third kappa shape index (κ3) is 3.58. The Morgan fingerprint density at radius 1 is 1.67 bits per heavy atom. The fourth-order valence-electron chi connectivity index (χ4n) is 2.00. The lowest BCUT2D eigenvalue weighted by atomic mass is 10.3. The second kappa shape index (κ2) is 6.02. The first-order valence-corrected chi connectivity index (χ1v) is 6.31.